The van der Waals surface area contributed by atoms with E-state index in [4.69, 9.17) is 9.47 Å². The second kappa shape index (κ2) is 7.30. The summed E-state index contributed by atoms with van der Waals surface area (Å²) in [5.74, 6) is 1.45. The largest absolute Gasteiger partial charge is 0.496 e. The molecule has 3 heteroatoms. The molecule has 0 radical (unpaired) electrons. The molecule has 0 saturated heterocycles. The van der Waals surface area contributed by atoms with Gasteiger partial charge >= 0.3 is 0 Å². The highest BCUT2D eigenvalue weighted by atomic mass is 16.5. The van der Waals surface area contributed by atoms with E-state index >= 15 is 0 Å². The molecule has 0 aliphatic heterocycles. The van der Waals surface area contributed by atoms with Crippen molar-refractivity contribution in [2.45, 2.75) is 19.9 Å². The minimum Gasteiger partial charge on any atom is -0.496 e. The fourth-order valence-corrected chi connectivity index (χ4v) is 1.86. The number of nitrogens with one attached hydrogen (secondary N) is 1. The van der Waals surface area contributed by atoms with Crippen molar-refractivity contribution >= 4 is 0 Å². The molecule has 1 N–H and O–H groups in total. The van der Waals surface area contributed by atoms with Crippen molar-refractivity contribution in [2.75, 3.05) is 27.4 Å². The average molecular weight is 237 g/mol. The van der Waals surface area contributed by atoms with Crippen LogP contribution in [0.25, 0.3) is 0 Å². The average Bonchev–Trinajstić information content (AvgIpc) is 2.36. The van der Waals surface area contributed by atoms with E-state index in [9.17, 15) is 0 Å². The van der Waals surface area contributed by atoms with Crippen LogP contribution < -0.4 is 10.1 Å². The number of ether oxygens (including phenoxy) is 2. The maximum Gasteiger partial charge on any atom is 0.123 e. The van der Waals surface area contributed by atoms with Crippen molar-refractivity contribution < 1.29 is 9.47 Å². The van der Waals surface area contributed by atoms with Crippen LogP contribution in [-0.2, 0) is 4.74 Å². The number of rotatable bonds is 7. The van der Waals surface area contributed by atoms with Crippen molar-refractivity contribution in [1.29, 1.82) is 0 Å². The summed E-state index contributed by atoms with van der Waals surface area (Å²) >= 11 is 0. The molecule has 1 unspecified atom stereocenters. The van der Waals surface area contributed by atoms with E-state index in [0.717, 1.165) is 18.9 Å². The van der Waals surface area contributed by atoms with Crippen molar-refractivity contribution in [2.24, 2.45) is 5.92 Å². The molecule has 0 heterocycles. The van der Waals surface area contributed by atoms with Gasteiger partial charge in [-0.1, -0.05) is 25.1 Å². The summed E-state index contributed by atoms with van der Waals surface area (Å²) in [6.45, 7) is 6.04. The van der Waals surface area contributed by atoms with Gasteiger partial charge in [0.25, 0.3) is 0 Å². The smallest absolute Gasteiger partial charge is 0.123 e. The van der Waals surface area contributed by atoms with Crippen molar-refractivity contribution in [1.82, 2.24) is 5.32 Å². The van der Waals surface area contributed by atoms with Gasteiger partial charge in [0.2, 0.25) is 0 Å². The highest BCUT2D eigenvalue weighted by Crippen LogP contribution is 2.24. The van der Waals surface area contributed by atoms with Crippen LogP contribution in [0, 0.1) is 5.92 Å². The Hall–Kier alpha value is -1.06. The Labute approximate surface area is 104 Å². The summed E-state index contributed by atoms with van der Waals surface area (Å²) in [7, 11) is 3.44. The summed E-state index contributed by atoms with van der Waals surface area (Å²) in [6, 6.07) is 8.39. The molecule has 0 bridgehead atoms. The second-order valence-electron chi connectivity index (χ2n) is 4.43. The number of para-hydroxylation sites is 1. The van der Waals surface area contributed by atoms with Crippen molar-refractivity contribution in [3.63, 3.8) is 0 Å². The predicted molar refractivity (Wildman–Crippen MR) is 70.5 cm³/mol. The lowest BCUT2D eigenvalue weighted by Gasteiger charge is -2.19. The third-order valence-corrected chi connectivity index (χ3v) is 2.83. The second-order valence-corrected chi connectivity index (χ2v) is 4.43. The summed E-state index contributed by atoms with van der Waals surface area (Å²) < 4.78 is 10.5. The van der Waals surface area contributed by atoms with Gasteiger partial charge in [-0.25, -0.2) is 0 Å². The fraction of sp³-hybridized carbons (Fsp3) is 0.571. The first-order valence-corrected chi connectivity index (χ1v) is 6.04. The van der Waals surface area contributed by atoms with Crippen LogP contribution in [0.2, 0.25) is 0 Å². The van der Waals surface area contributed by atoms with Gasteiger partial charge in [-0.3, -0.25) is 0 Å². The zero-order valence-electron chi connectivity index (χ0n) is 11.2. The Bertz CT molecular complexity index is 328. The molecule has 0 fully saturated rings. The molecular formula is C14H23NO2. The quantitative estimate of drug-likeness (QED) is 0.790. The molecular weight excluding hydrogens is 214 g/mol. The van der Waals surface area contributed by atoms with Gasteiger partial charge in [0, 0.05) is 31.9 Å². The molecule has 0 amide bonds. The van der Waals surface area contributed by atoms with E-state index < -0.39 is 0 Å². The summed E-state index contributed by atoms with van der Waals surface area (Å²) in [6.07, 6.45) is 0. The topological polar surface area (TPSA) is 30.5 Å². The number of benzene rings is 1. The molecule has 96 valence electrons. The van der Waals surface area contributed by atoms with Gasteiger partial charge in [0.15, 0.2) is 0 Å². The van der Waals surface area contributed by atoms with Gasteiger partial charge < -0.3 is 14.8 Å². The SMILES string of the molecule is COCC(C)CN[C@@H](C)c1ccccc1OC. The monoisotopic (exact) mass is 237 g/mol. The van der Waals surface area contributed by atoms with Crippen molar-refractivity contribution in [3.8, 4) is 5.75 Å². The molecule has 2 atom stereocenters. The lowest BCUT2D eigenvalue weighted by atomic mass is 10.1. The number of methoxy groups -OCH3 is 2. The summed E-state index contributed by atoms with van der Waals surface area (Å²) in [4.78, 5) is 0. The normalized spacial score (nSPS) is 14.4. The maximum absolute atomic E-state index is 5.36. The van der Waals surface area contributed by atoms with Crippen LogP contribution in [0.1, 0.15) is 25.5 Å². The van der Waals surface area contributed by atoms with Crippen molar-refractivity contribution in [3.05, 3.63) is 29.8 Å². The fourth-order valence-electron chi connectivity index (χ4n) is 1.86. The summed E-state index contributed by atoms with van der Waals surface area (Å²) in [5.41, 5.74) is 1.19. The Kier molecular flexibility index (Phi) is 6.01. The highest BCUT2D eigenvalue weighted by molar-refractivity contribution is 5.35. The number of hydrogen-bond acceptors (Lipinski definition) is 3. The van der Waals surface area contributed by atoms with E-state index in [2.05, 4.69) is 25.2 Å². The third kappa shape index (κ3) is 4.36. The Balaban J connectivity index is 2.54. The molecule has 17 heavy (non-hydrogen) atoms. The molecule has 1 rings (SSSR count). The lowest BCUT2D eigenvalue weighted by Crippen LogP contribution is -2.26. The van der Waals surface area contributed by atoms with Crippen LogP contribution in [0.15, 0.2) is 24.3 Å². The Morgan fingerprint density at radius 3 is 2.53 bits per heavy atom. The minimum absolute atomic E-state index is 0.283. The molecule has 0 saturated carbocycles. The highest BCUT2D eigenvalue weighted by Gasteiger charge is 2.11. The van der Waals surface area contributed by atoms with E-state index in [1.165, 1.54) is 5.56 Å². The molecule has 0 aliphatic carbocycles. The van der Waals surface area contributed by atoms with Gasteiger partial charge in [0.1, 0.15) is 5.75 Å². The van der Waals surface area contributed by atoms with Gasteiger partial charge in [-0.15, -0.1) is 0 Å². The molecule has 0 spiro atoms. The van der Waals surface area contributed by atoms with E-state index in [-0.39, 0.29) is 6.04 Å². The van der Waals surface area contributed by atoms with Crippen LogP contribution in [0.5, 0.6) is 5.75 Å². The van der Waals surface area contributed by atoms with E-state index in [0.29, 0.717) is 5.92 Å². The molecule has 3 nitrogen and oxygen atoms in total. The molecule has 0 aliphatic rings. The Morgan fingerprint density at radius 2 is 1.88 bits per heavy atom. The summed E-state index contributed by atoms with van der Waals surface area (Å²) in [5, 5.41) is 3.50. The molecule has 0 aromatic heterocycles. The first-order chi connectivity index (χ1) is 8.19. The van der Waals surface area contributed by atoms with E-state index in [1.54, 1.807) is 14.2 Å². The standard InChI is InChI=1S/C14H23NO2/c1-11(10-16-3)9-15-12(2)13-7-5-6-8-14(13)17-4/h5-8,11-12,15H,9-10H2,1-4H3/t11?,12-/m0/s1. The lowest BCUT2D eigenvalue weighted by molar-refractivity contribution is 0.157. The first-order valence-electron chi connectivity index (χ1n) is 6.04. The first kappa shape index (κ1) is 14.0. The van der Waals surface area contributed by atoms with Gasteiger partial charge in [-0.05, 0) is 18.9 Å². The number of hydrogen-bond donors (Lipinski definition) is 1. The minimum atomic E-state index is 0.283. The zero-order valence-corrected chi connectivity index (χ0v) is 11.2. The Morgan fingerprint density at radius 1 is 1.18 bits per heavy atom. The van der Waals surface area contributed by atoms with Crippen LogP contribution >= 0.6 is 0 Å². The zero-order chi connectivity index (χ0) is 12.7. The van der Waals surface area contributed by atoms with Gasteiger partial charge in [0.05, 0.1) is 7.11 Å². The van der Waals surface area contributed by atoms with Crippen LogP contribution in [-0.4, -0.2) is 27.4 Å². The van der Waals surface area contributed by atoms with Crippen LogP contribution in [0.4, 0.5) is 0 Å². The molecule has 1 aromatic rings. The van der Waals surface area contributed by atoms with Gasteiger partial charge in [-0.2, -0.15) is 0 Å². The maximum atomic E-state index is 5.36. The van der Waals surface area contributed by atoms with Crippen LogP contribution in [0.3, 0.4) is 0 Å². The van der Waals surface area contributed by atoms with E-state index in [1.807, 2.05) is 18.2 Å². The third-order valence-electron chi connectivity index (χ3n) is 2.83. The predicted octanol–water partition coefficient (Wildman–Crippen LogP) is 2.63. The molecule has 1 aromatic carbocycles.